The van der Waals surface area contributed by atoms with Crippen LogP contribution in [0.25, 0.3) is 0 Å². The van der Waals surface area contributed by atoms with Gasteiger partial charge in [0.2, 0.25) is 5.91 Å². The molecule has 7 heteroatoms. The molecule has 1 rings (SSSR count). The zero-order chi connectivity index (χ0) is 19.0. The predicted molar refractivity (Wildman–Crippen MR) is 94.3 cm³/mol. The highest BCUT2D eigenvalue weighted by molar-refractivity contribution is 6.01. The third-order valence-electron chi connectivity index (χ3n) is 3.03. The van der Waals surface area contributed by atoms with Crippen LogP contribution in [0, 0.1) is 0 Å². The summed E-state index contributed by atoms with van der Waals surface area (Å²) in [5, 5.41) is 2.49. The van der Waals surface area contributed by atoms with Crippen molar-refractivity contribution >= 4 is 23.7 Å². The van der Waals surface area contributed by atoms with Gasteiger partial charge in [-0.05, 0) is 46.8 Å². The molecule has 0 spiro atoms. The first-order chi connectivity index (χ1) is 11.6. The average molecular weight is 350 g/mol. The molecule has 0 bridgehead atoms. The topological polar surface area (TPSA) is 84.9 Å². The van der Waals surface area contributed by atoms with E-state index in [1.165, 1.54) is 11.8 Å². The van der Waals surface area contributed by atoms with Gasteiger partial charge in [-0.3, -0.25) is 14.5 Å². The number of para-hydroxylation sites is 1. The first-order valence-corrected chi connectivity index (χ1v) is 8.15. The van der Waals surface area contributed by atoms with E-state index in [1.54, 1.807) is 58.0 Å². The van der Waals surface area contributed by atoms with Crippen LogP contribution in [0.2, 0.25) is 0 Å². The lowest BCUT2D eigenvalue weighted by Gasteiger charge is -2.26. The first-order valence-electron chi connectivity index (χ1n) is 8.15. The number of carbonyl (C=O) groups excluding carboxylic acids is 3. The van der Waals surface area contributed by atoms with E-state index in [9.17, 15) is 14.4 Å². The number of anilines is 1. The Kier molecular flexibility index (Phi) is 7.42. The summed E-state index contributed by atoms with van der Waals surface area (Å²) in [6.45, 7) is 8.41. The van der Waals surface area contributed by atoms with E-state index in [0.717, 1.165) is 0 Å². The molecule has 7 nitrogen and oxygen atoms in total. The maximum absolute atomic E-state index is 12.7. The van der Waals surface area contributed by atoms with E-state index in [4.69, 9.17) is 9.47 Å². The molecule has 0 unspecified atom stereocenters. The van der Waals surface area contributed by atoms with Crippen LogP contribution in [-0.2, 0) is 19.1 Å². The van der Waals surface area contributed by atoms with E-state index >= 15 is 0 Å². The van der Waals surface area contributed by atoms with Gasteiger partial charge in [-0.2, -0.15) is 0 Å². The molecule has 1 aromatic rings. The summed E-state index contributed by atoms with van der Waals surface area (Å²) in [5.74, 6) is -0.964. The van der Waals surface area contributed by atoms with Gasteiger partial charge >= 0.3 is 12.1 Å². The molecule has 138 valence electrons. The normalized spacial score (nSPS) is 12.0. The van der Waals surface area contributed by atoms with Crippen molar-refractivity contribution < 1.29 is 23.9 Å². The number of nitrogens with zero attached hydrogens (tertiary/aromatic N) is 1. The second kappa shape index (κ2) is 9.05. The lowest BCUT2D eigenvalue weighted by Crippen LogP contribution is -2.49. The van der Waals surface area contributed by atoms with Crippen LogP contribution in [0.15, 0.2) is 30.3 Å². The van der Waals surface area contributed by atoms with Crippen molar-refractivity contribution in [3.63, 3.8) is 0 Å². The zero-order valence-corrected chi connectivity index (χ0v) is 15.4. The van der Waals surface area contributed by atoms with Gasteiger partial charge in [-0.1, -0.05) is 18.2 Å². The Morgan fingerprint density at radius 2 is 1.76 bits per heavy atom. The Labute approximate surface area is 148 Å². The molecule has 0 saturated heterocycles. The number of esters is 1. The number of alkyl carbamates (subject to hydrolysis) is 1. The first kappa shape index (κ1) is 20.5. The number of hydrogen-bond acceptors (Lipinski definition) is 5. The Bertz CT molecular complexity index is 595. The van der Waals surface area contributed by atoms with Gasteiger partial charge in [0.15, 0.2) is 0 Å². The van der Waals surface area contributed by atoms with Gasteiger partial charge in [-0.15, -0.1) is 0 Å². The summed E-state index contributed by atoms with van der Waals surface area (Å²) >= 11 is 0. The van der Waals surface area contributed by atoms with Crippen molar-refractivity contribution in [2.24, 2.45) is 0 Å². The lowest BCUT2D eigenvalue weighted by atomic mass is 10.2. The number of rotatable bonds is 6. The molecule has 0 radical (unpaired) electrons. The lowest BCUT2D eigenvalue weighted by molar-refractivity contribution is -0.142. The number of amides is 2. The highest BCUT2D eigenvalue weighted by Crippen LogP contribution is 2.15. The molecule has 0 aliphatic rings. The fourth-order valence-electron chi connectivity index (χ4n) is 2.02. The summed E-state index contributed by atoms with van der Waals surface area (Å²) in [7, 11) is 0. The van der Waals surface area contributed by atoms with Crippen LogP contribution in [-0.4, -0.2) is 42.8 Å². The van der Waals surface area contributed by atoms with E-state index < -0.39 is 29.6 Å². The van der Waals surface area contributed by atoms with E-state index in [2.05, 4.69) is 5.32 Å². The van der Waals surface area contributed by atoms with Gasteiger partial charge in [0, 0.05) is 5.69 Å². The van der Waals surface area contributed by atoms with Crippen molar-refractivity contribution in [2.75, 3.05) is 18.1 Å². The number of carbonyl (C=O) groups is 3. The van der Waals surface area contributed by atoms with Gasteiger partial charge in [0.1, 0.15) is 18.2 Å². The van der Waals surface area contributed by atoms with Gasteiger partial charge in [0.25, 0.3) is 0 Å². The molecule has 0 aromatic heterocycles. The quantitative estimate of drug-likeness (QED) is 0.797. The van der Waals surface area contributed by atoms with Crippen LogP contribution in [0.5, 0.6) is 0 Å². The van der Waals surface area contributed by atoms with E-state index in [1.807, 2.05) is 0 Å². The summed E-state index contributed by atoms with van der Waals surface area (Å²) in [5.41, 5.74) is -0.130. The van der Waals surface area contributed by atoms with Gasteiger partial charge in [0.05, 0.1) is 6.61 Å². The predicted octanol–water partition coefficient (Wildman–Crippen LogP) is 2.50. The van der Waals surface area contributed by atoms with E-state index in [0.29, 0.717) is 5.69 Å². The third kappa shape index (κ3) is 7.24. The Balaban J connectivity index is 2.88. The molecule has 25 heavy (non-hydrogen) atoms. The van der Waals surface area contributed by atoms with Gasteiger partial charge < -0.3 is 14.8 Å². The maximum Gasteiger partial charge on any atom is 0.408 e. The third-order valence-corrected chi connectivity index (χ3v) is 3.03. The van der Waals surface area contributed by atoms with Crippen LogP contribution < -0.4 is 10.2 Å². The molecule has 1 N–H and O–H groups in total. The van der Waals surface area contributed by atoms with Crippen molar-refractivity contribution in [3.05, 3.63) is 30.3 Å². The number of hydrogen-bond donors (Lipinski definition) is 1. The minimum absolute atomic E-state index is 0.224. The highest BCUT2D eigenvalue weighted by Gasteiger charge is 2.27. The SMILES string of the molecule is CCOC(=O)CN(C(=O)[C@H](C)NC(=O)OC(C)(C)C)c1ccccc1. The van der Waals surface area contributed by atoms with Crippen molar-refractivity contribution in [3.8, 4) is 0 Å². The minimum Gasteiger partial charge on any atom is -0.465 e. The average Bonchev–Trinajstić information content (AvgIpc) is 2.51. The summed E-state index contributed by atoms with van der Waals surface area (Å²) < 4.78 is 10.1. The number of nitrogens with one attached hydrogen (secondary N) is 1. The Morgan fingerprint density at radius 1 is 1.16 bits per heavy atom. The standard InChI is InChI=1S/C18H26N2O5/c1-6-24-15(21)12-20(14-10-8-7-9-11-14)16(22)13(2)19-17(23)25-18(3,4)5/h7-11,13H,6,12H2,1-5H3,(H,19,23)/t13-/m0/s1. The molecule has 0 aliphatic heterocycles. The van der Waals surface area contributed by atoms with Crippen LogP contribution in [0.1, 0.15) is 34.6 Å². The van der Waals surface area contributed by atoms with Crippen molar-refractivity contribution in [1.82, 2.24) is 5.32 Å². The highest BCUT2D eigenvalue weighted by atomic mass is 16.6. The van der Waals surface area contributed by atoms with Crippen molar-refractivity contribution in [2.45, 2.75) is 46.3 Å². The fourth-order valence-corrected chi connectivity index (χ4v) is 2.02. The Morgan fingerprint density at radius 3 is 2.28 bits per heavy atom. The second-order valence-corrected chi connectivity index (χ2v) is 6.43. The van der Waals surface area contributed by atoms with Crippen LogP contribution in [0.3, 0.4) is 0 Å². The number of benzene rings is 1. The zero-order valence-electron chi connectivity index (χ0n) is 15.4. The van der Waals surface area contributed by atoms with Crippen LogP contribution in [0.4, 0.5) is 10.5 Å². The molecular weight excluding hydrogens is 324 g/mol. The number of ether oxygens (including phenoxy) is 2. The smallest absolute Gasteiger partial charge is 0.408 e. The molecule has 2 amide bonds. The molecule has 0 fully saturated rings. The largest absolute Gasteiger partial charge is 0.465 e. The maximum atomic E-state index is 12.7. The second-order valence-electron chi connectivity index (χ2n) is 6.43. The molecular formula is C18H26N2O5. The molecule has 0 heterocycles. The fraction of sp³-hybridized carbons (Fsp3) is 0.500. The minimum atomic E-state index is -0.871. The Hall–Kier alpha value is -2.57. The molecule has 0 aliphatic carbocycles. The summed E-state index contributed by atoms with van der Waals surface area (Å²) in [4.78, 5) is 37.7. The van der Waals surface area contributed by atoms with Crippen LogP contribution >= 0.6 is 0 Å². The summed E-state index contributed by atoms with van der Waals surface area (Å²) in [6, 6.07) is 7.86. The monoisotopic (exact) mass is 350 g/mol. The molecule has 0 saturated carbocycles. The van der Waals surface area contributed by atoms with Crippen molar-refractivity contribution in [1.29, 1.82) is 0 Å². The summed E-state index contributed by atoms with van der Waals surface area (Å²) in [6.07, 6.45) is -0.697. The van der Waals surface area contributed by atoms with E-state index in [-0.39, 0.29) is 13.2 Å². The molecule has 1 aromatic carbocycles. The van der Waals surface area contributed by atoms with Gasteiger partial charge in [-0.25, -0.2) is 4.79 Å². The molecule has 1 atom stereocenters.